The summed E-state index contributed by atoms with van der Waals surface area (Å²) in [5.41, 5.74) is 0.553. The molecule has 0 radical (unpaired) electrons. The number of carboxylic acids is 1. The molecule has 0 spiro atoms. The molecule has 0 aromatic carbocycles. The van der Waals surface area contributed by atoms with Crippen LogP contribution in [0.1, 0.15) is 22.5 Å². The minimum Gasteiger partial charge on any atom is -0.475 e. The van der Waals surface area contributed by atoms with E-state index in [0.29, 0.717) is 18.7 Å². The van der Waals surface area contributed by atoms with Gasteiger partial charge in [-0.1, -0.05) is 0 Å². The normalized spacial score (nSPS) is 10.1. The monoisotopic (exact) mass is 227 g/mol. The molecule has 1 rings (SSSR count). The van der Waals surface area contributed by atoms with Crippen molar-refractivity contribution in [3.8, 4) is 0 Å². The van der Waals surface area contributed by atoms with Crippen molar-refractivity contribution in [1.29, 1.82) is 0 Å². The second-order valence-corrected chi connectivity index (χ2v) is 3.08. The predicted octanol–water partition coefficient (Wildman–Crippen LogP) is 0.630. The van der Waals surface area contributed by atoms with Crippen molar-refractivity contribution < 1.29 is 23.8 Å². The van der Waals surface area contributed by atoms with Crippen LogP contribution in [0.4, 0.5) is 0 Å². The van der Waals surface area contributed by atoms with Crippen LogP contribution in [0.5, 0.6) is 0 Å². The lowest BCUT2D eigenvalue weighted by Crippen LogP contribution is -2.19. The third kappa shape index (κ3) is 3.39. The molecule has 0 aliphatic heterocycles. The lowest BCUT2D eigenvalue weighted by molar-refractivity contribution is -0.140. The largest absolute Gasteiger partial charge is 0.475 e. The van der Waals surface area contributed by atoms with Crippen LogP contribution < -0.4 is 5.32 Å². The Hall–Kier alpha value is -1.82. The number of hydrogen-bond donors (Lipinski definition) is 2. The second kappa shape index (κ2) is 5.92. The highest BCUT2D eigenvalue weighted by Crippen LogP contribution is 2.09. The molecule has 88 valence electrons. The number of furan rings is 1. The number of carbonyl (C=O) groups excluding carboxylic acids is 1. The molecule has 0 saturated heterocycles. The van der Waals surface area contributed by atoms with E-state index in [1.165, 1.54) is 13.4 Å². The third-order valence-corrected chi connectivity index (χ3v) is 1.99. The van der Waals surface area contributed by atoms with Crippen molar-refractivity contribution in [3.05, 3.63) is 23.7 Å². The van der Waals surface area contributed by atoms with Crippen LogP contribution in [0, 0.1) is 0 Å². The number of rotatable bonds is 6. The first-order valence-corrected chi connectivity index (χ1v) is 4.72. The Balaban J connectivity index is 2.34. The molecule has 1 aromatic rings. The van der Waals surface area contributed by atoms with Gasteiger partial charge in [0.05, 0.1) is 19.8 Å². The summed E-state index contributed by atoms with van der Waals surface area (Å²) in [6.07, 6.45) is 1.57. The van der Waals surface area contributed by atoms with Gasteiger partial charge in [-0.25, -0.2) is 4.79 Å². The molecule has 1 aromatic heterocycles. The quantitative estimate of drug-likeness (QED) is 0.547. The van der Waals surface area contributed by atoms with Crippen LogP contribution in [-0.4, -0.2) is 30.7 Å². The first kappa shape index (κ1) is 12.3. The van der Waals surface area contributed by atoms with E-state index in [2.05, 4.69) is 10.1 Å². The maximum Gasteiger partial charge on any atom is 0.372 e. The van der Waals surface area contributed by atoms with Gasteiger partial charge in [0.15, 0.2) is 0 Å². The zero-order valence-corrected chi connectivity index (χ0v) is 8.86. The third-order valence-electron chi connectivity index (χ3n) is 1.99. The topological polar surface area (TPSA) is 88.8 Å². The van der Waals surface area contributed by atoms with Crippen molar-refractivity contribution in [2.45, 2.75) is 13.0 Å². The Bertz CT molecular complexity index is 371. The average Bonchev–Trinajstić information content (AvgIpc) is 2.72. The van der Waals surface area contributed by atoms with E-state index in [0.717, 1.165) is 0 Å². The van der Waals surface area contributed by atoms with Gasteiger partial charge in [0.1, 0.15) is 0 Å². The van der Waals surface area contributed by atoms with Gasteiger partial charge in [0.2, 0.25) is 5.76 Å². The fourth-order valence-electron chi connectivity index (χ4n) is 1.18. The Morgan fingerprint density at radius 3 is 2.94 bits per heavy atom. The maximum absolute atomic E-state index is 10.8. The lowest BCUT2D eigenvalue weighted by atomic mass is 10.2. The number of aromatic carboxylic acids is 1. The summed E-state index contributed by atoms with van der Waals surface area (Å²) in [4.78, 5) is 21.4. The molecular weight excluding hydrogens is 214 g/mol. The van der Waals surface area contributed by atoms with Crippen LogP contribution in [-0.2, 0) is 16.1 Å². The fraction of sp³-hybridized carbons (Fsp3) is 0.400. The van der Waals surface area contributed by atoms with E-state index in [1.807, 2.05) is 0 Å². The number of carboxylic acid groups (broad SMARTS) is 1. The van der Waals surface area contributed by atoms with Crippen LogP contribution in [0.2, 0.25) is 0 Å². The Morgan fingerprint density at radius 2 is 2.31 bits per heavy atom. The molecule has 0 unspecified atom stereocenters. The molecule has 0 fully saturated rings. The Kier molecular flexibility index (Phi) is 4.53. The summed E-state index contributed by atoms with van der Waals surface area (Å²) in [6, 6.07) is 1.58. The summed E-state index contributed by atoms with van der Waals surface area (Å²) in [5.74, 6) is -1.49. The number of methoxy groups -OCH3 is 1. The van der Waals surface area contributed by atoms with Crippen LogP contribution in [0.15, 0.2) is 16.7 Å². The molecule has 0 amide bonds. The molecule has 0 aliphatic carbocycles. The van der Waals surface area contributed by atoms with Gasteiger partial charge < -0.3 is 19.6 Å². The van der Waals surface area contributed by atoms with Crippen molar-refractivity contribution in [2.75, 3.05) is 13.7 Å². The molecule has 0 atom stereocenters. The van der Waals surface area contributed by atoms with Crippen LogP contribution >= 0.6 is 0 Å². The molecule has 1 heterocycles. The highest BCUT2D eigenvalue weighted by molar-refractivity contribution is 5.86. The summed E-state index contributed by atoms with van der Waals surface area (Å²) in [5, 5.41) is 11.7. The predicted molar refractivity (Wildman–Crippen MR) is 54.0 cm³/mol. The Morgan fingerprint density at radius 1 is 1.56 bits per heavy atom. The highest BCUT2D eigenvalue weighted by Gasteiger charge is 2.13. The molecule has 0 saturated carbocycles. The van der Waals surface area contributed by atoms with Crippen molar-refractivity contribution in [3.63, 3.8) is 0 Å². The number of ether oxygens (including phenoxy) is 1. The van der Waals surface area contributed by atoms with Gasteiger partial charge in [0, 0.05) is 18.7 Å². The SMILES string of the molecule is COC(=O)CCNCc1ccoc1C(=O)O. The maximum atomic E-state index is 10.8. The van der Waals surface area contributed by atoms with Gasteiger partial charge in [-0.15, -0.1) is 0 Å². The first-order valence-electron chi connectivity index (χ1n) is 4.72. The second-order valence-electron chi connectivity index (χ2n) is 3.08. The zero-order valence-electron chi connectivity index (χ0n) is 8.86. The molecule has 0 bridgehead atoms. The van der Waals surface area contributed by atoms with Crippen LogP contribution in [0.3, 0.4) is 0 Å². The molecule has 6 nitrogen and oxygen atoms in total. The van der Waals surface area contributed by atoms with E-state index in [-0.39, 0.29) is 18.2 Å². The molecule has 6 heteroatoms. The first-order chi connectivity index (χ1) is 7.65. The highest BCUT2D eigenvalue weighted by atomic mass is 16.5. The number of nitrogens with one attached hydrogen (secondary N) is 1. The van der Waals surface area contributed by atoms with Crippen molar-refractivity contribution >= 4 is 11.9 Å². The minimum atomic E-state index is -1.10. The summed E-state index contributed by atoms with van der Waals surface area (Å²) in [6.45, 7) is 0.770. The minimum absolute atomic E-state index is 0.0782. The molecule has 16 heavy (non-hydrogen) atoms. The number of hydrogen-bond acceptors (Lipinski definition) is 5. The summed E-state index contributed by atoms with van der Waals surface area (Å²) < 4.78 is 9.25. The summed E-state index contributed by atoms with van der Waals surface area (Å²) in [7, 11) is 1.32. The van der Waals surface area contributed by atoms with Crippen molar-refractivity contribution in [2.24, 2.45) is 0 Å². The molecular formula is C10H13NO5. The smallest absolute Gasteiger partial charge is 0.372 e. The van der Waals surface area contributed by atoms with Crippen LogP contribution in [0.25, 0.3) is 0 Å². The standard InChI is InChI=1S/C10H13NO5/c1-15-8(12)2-4-11-6-7-3-5-16-9(7)10(13)14/h3,5,11H,2,4,6H2,1H3,(H,13,14). The summed E-state index contributed by atoms with van der Waals surface area (Å²) >= 11 is 0. The van der Waals surface area contributed by atoms with Gasteiger partial charge in [-0.05, 0) is 6.07 Å². The number of esters is 1. The average molecular weight is 227 g/mol. The van der Waals surface area contributed by atoms with Gasteiger partial charge in [-0.3, -0.25) is 4.79 Å². The van der Waals surface area contributed by atoms with Gasteiger partial charge in [0.25, 0.3) is 0 Å². The van der Waals surface area contributed by atoms with Crippen molar-refractivity contribution in [1.82, 2.24) is 5.32 Å². The number of carbonyl (C=O) groups is 2. The molecule has 0 aliphatic rings. The van der Waals surface area contributed by atoms with E-state index < -0.39 is 5.97 Å². The Labute approximate surface area is 92.2 Å². The van der Waals surface area contributed by atoms with E-state index in [1.54, 1.807) is 6.07 Å². The van der Waals surface area contributed by atoms with E-state index in [4.69, 9.17) is 9.52 Å². The van der Waals surface area contributed by atoms with Gasteiger partial charge in [-0.2, -0.15) is 0 Å². The van der Waals surface area contributed by atoms with E-state index >= 15 is 0 Å². The molecule has 2 N–H and O–H groups in total. The fourth-order valence-corrected chi connectivity index (χ4v) is 1.18. The lowest BCUT2D eigenvalue weighted by Gasteiger charge is -2.02. The zero-order chi connectivity index (χ0) is 12.0. The van der Waals surface area contributed by atoms with E-state index in [9.17, 15) is 9.59 Å². The van der Waals surface area contributed by atoms with Gasteiger partial charge >= 0.3 is 11.9 Å².